The Bertz CT molecular complexity index is 345. The van der Waals surface area contributed by atoms with Gasteiger partial charge in [-0.05, 0) is 6.42 Å². The largest absolute Gasteiger partial charge is 0.465 e. The van der Waals surface area contributed by atoms with Crippen LogP contribution in [0.1, 0.15) is 6.42 Å². The molecule has 1 fully saturated rings. The Balaban J connectivity index is 2.59. The summed E-state index contributed by atoms with van der Waals surface area (Å²) in [6, 6.07) is -0.819. The molecule has 0 bridgehead atoms. The second kappa shape index (κ2) is 4.31. The minimum Gasteiger partial charge on any atom is -0.465 e. The molecule has 1 heterocycles. The molecule has 1 aliphatic rings. The van der Waals surface area contributed by atoms with Gasteiger partial charge >= 0.3 is 6.09 Å². The first-order valence-electron chi connectivity index (χ1n) is 4.39. The van der Waals surface area contributed by atoms with Gasteiger partial charge in [-0.1, -0.05) is 0 Å². The van der Waals surface area contributed by atoms with E-state index in [-0.39, 0.29) is 19.5 Å². The van der Waals surface area contributed by atoms with E-state index in [2.05, 4.69) is 0 Å². The van der Waals surface area contributed by atoms with Crippen LogP contribution in [0.2, 0.25) is 0 Å². The summed E-state index contributed by atoms with van der Waals surface area (Å²) < 4.78 is 36.5. The van der Waals surface area contributed by atoms with Gasteiger partial charge in [0.15, 0.2) is 0 Å². The van der Waals surface area contributed by atoms with Crippen molar-refractivity contribution in [2.75, 3.05) is 19.3 Å². The molecule has 1 saturated heterocycles. The van der Waals surface area contributed by atoms with Crippen LogP contribution < -0.4 is 5.32 Å². The summed E-state index contributed by atoms with van der Waals surface area (Å²) in [4.78, 5) is 10.3. The SMILES string of the molecule is CS(=O)(=O)N1CCC(NC(=O)O)C(F)C1. The minimum absolute atomic E-state index is 0.143. The van der Waals surface area contributed by atoms with E-state index < -0.39 is 28.3 Å². The van der Waals surface area contributed by atoms with Crippen LogP contribution in [0.5, 0.6) is 0 Å². The number of halogens is 1. The first kappa shape index (κ1) is 12.2. The van der Waals surface area contributed by atoms with E-state index in [1.807, 2.05) is 5.32 Å². The lowest BCUT2D eigenvalue weighted by molar-refractivity contribution is 0.139. The van der Waals surface area contributed by atoms with Crippen LogP contribution in [0.15, 0.2) is 0 Å². The van der Waals surface area contributed by atoms with Gasteiger partial charge in [0.05, 0.1) is 12.3 Å². The fourth-order valence-corrected chi connectivity index (χ4v) is 2.35. The highest BCUT2D eigenvalue weighted by Crippen LogP contribution is 2.16. The molecule has 2 atom stereocenters. The minimum atomic E-state index is -3.39. The van der Waals surface area contributed by atoms with E-state index in [1.54, 1.807) is 0 Å². The number of piperidine rings is 1. The van der Waals surface area contributed by atoms with E-state index in [9.17, 15) is 17.6 Å². The van der Waals surface area contributed by atoms with E-state index in [0.717, 1.165) is 10.6 Å². The number of hydrogen-bond donors (Lipinski definition) is 2. The second-order valence-electron chi connectivity index (χ2n) is 3.48. The van der Waals surface area contributed by atoms with Gasteiger partial charge in [-0.2, -0.15) is 4.31 Å². The highest BCUT2D eigenvalue weighted by molar-refractivity contribution is 7.88. The van der Waals surface area contributed by atoms with E-state index in [1.165, 1.54) is 0 Å². The third kappa shape index (κ3) is 3.31. The molecule has 1 rings (SSSR count). The number of carboxylic acid groups (broad SMARTS) is 1. The summed E-state index contributed by atoms with van der Waals surface area (Å²) >= 11 is 0. The van der Waals surface area contributed by atoms with E-state index >= 15 is 0 Å². The molecule has 0 spiro atoms. The fraction of sp³-hybridized carbons (Fsp3) is 0.857. The van der Waals surface area contributed by atoms with E-state index in [0.29, 0.717) is 0 Å². The molecule has 15 heavy (non-hydrogen) atoms. The standard InChI is InChI=1S/C7H13FN2O4S/c1-15(13,14)10-3-2-6(5(8)4-10)9-7(11)12/h5-6,9H,2-4H2,1H3,(H,11,12). The summed E-state index contributed by atoms with van der Waals surface area (Å²) in [7, 11) is -3.39. The molecule has 0 aromatic rings. The van der Waals surface area contributed by atoms with Crippen molar-refractivity contribution in [3.05, 3.63) is 0 Å². The molecule has 8 heteroatoms. The van der Waals surface area contributed by atoms with Crippen LogP contribution in [0, 0.1) is 0 Å². The molecular formula is C7H13FN2O4S. The van der Waals surface area contributed by atoms with Crippen LogP contribution in [-0.2, 0) is 10.0 Å². The Hall–Kier alpha value is -0.890. The van der Waals surface area contributed by atoms with Crippen molar-refractivity contribution < 1.29 is 22.7 Å². The first-order chi connectivity index (χ1) is 6.80. The Labute approximate surface area is 87.1 Å². The Morgan fingerprint density at radius 2 is 2.20 bits per heavy atom. The highest BCUT2D eigenvalue weighted by atomic mass is 32.2. The molecule has 0 radical (unpaired) electrons. The molecule has 0 aromatic carbocycles. The summed E-state index contributed by atoms with van der Waals surface area (Å²) in [5.41, 5.74) is 0. The van der Waals surface area contributed by atoms with Crippen LogP contribution in [0.3, 0.4) is 0 Å². The third-order valence-corrected chi connectivity index (χ3v) is 3.55. The van der Waals surface area contributed by atoms with Crippen LogP contribution in [0.25, 0.3) is 0 Å². The fourth-order valence-electron chi connectivity index (χ4n) is 1.50. The zero-order valence-electron chi connectivity index (χ0n) is 8.18. The number of rotatable bonds is 2. The number of hydrogen-bond acceptors (Lipinski definition) is 3. The lowest BCUT2D eigenvalue weighted by Gasteiger charge is -2.32. The van der Waals surface area contributed by atoms with Crippen molar-refractivity contribution in [2.24, 2.45) is 0 Å². The van der Waals surface area contributed by atoms with Gasteiger partial charge in [-0.15, -0.1) is 0 Å². The predicted octanol–water partition coefficient (Wildman–Crippen LogP) is -0.374. The number of nitrogens with zero attached hydrogens (tertiary/aromatic N) is 1. The Morgan fingerprint density at radius 3 is 2.60 bits per heavy atom. The quantitative estimate of drug-likeness (QED) is 0.689. The molecule has 6 nitrogen and oxygen atoms in total. The second-order valence-corrected chi connectivity index (χ2v) is 5.46. The van der Waals surface area contributed by atoms with Gasteiger partial charge in [0.1, 0.15) is 6.17 Å². The summed E-state index contributed by atoms with van der Waals surface area (Å²) in [6.07, 6.45) is -1.63. The van der Waals surface area contributed by atoms with Gasteiger partial charge in [0.2, 0.25) is 10.0 Å². The van der Waals surface area contributed by atoms with Crippen molar-refractivity contribution in [2.45, 2.75) is 18.6 Å². The Kier molecular flexibility index (Phi) is 3.50. The average Bonchev–Trinajstić information content (AvgIpc) is 2.05. The van der Waals surface area contributed by atoms with Crippen molar-refractivity contribution in [1.82, 2.24) is 9.62 Å². The molecule has 0 aromatic heterocycles. The normalized spacial score (nSPS) is 28.7. The first-order valence-corrected chi connectivity index (χ1v) is 6.24. The number of amides is 1. The van der Waals surface area contributed by atoms with E-state index in [4.69, 9.17) is 5.11 Å². The third-order valence-electron chi connectivity index (χ3n) is 2.28. The van der Waals surface area contributed by atoms with Crippen molar-refractivity contribution in [3.63, 3.8) is 0 Å². The maximum Gasteiger partial charge on any atom is 0.404 e. The maximum absolute atomic E-state index is 13.4. The number of nitrogens with one attached hydrogen (secondary N) is 1. The number of carbonyl (C=O) groups is 1. The maximum atomic E-state index is 13.4. The lowest BCUT2D eigenvalue weighted by Crippen LogP contribution is -2.53. The molecule has 1 amide bonds. The molecule has 2 unspecified atom stereocenters. The topological polar surface area (TPSA) is 86.7 Å². The van der Waals surface area contributed by atoms with Gasteiger partial charge in [-0.25, -0.2) is 17.6 Å². The van der Waals surface area contributed by atoms with Crippen molar-refractivity contribution in [1.29, 1.82) is 0 Å². The van der Waals surface area contributed by atoms with Gasteiger partial charge < -0.3 is 10.4 Å². The monoisotopic (exact) mass is 240 g/mol. The summed E-state index contributed by atoms with van der Waals surface area (Å²) in [6.45, 7) is -0.145. The Morgan fingerprint density at radius 1 is 1.60 bits per heavy atom. The molecule has 0 saturated carbocycles. The molecule has 1 aliphatic heterocycles. The lowest BCUT2D eigenvalue weighted by atomic mass is 10.1. The summed E-state index contributed by atoms with van der Waals surface area (Å²) in [5.74, 6) is 0. The van der Waals surface area contributed by atoms with Gasteiger partial charge in [0.25, 0.3) is 0 Å². The molecular weight excluding hydrogens is 227 g/mol. The van der Waals surface area contributed by atoms with Gasteiger partial charge in [-0.3, -0.25) is 0 Å². The average molecular weight is 240 g/mol. The zero-order chi connectivity index (χ0) is 11.6. The van der Waals surface area contributed by atoms with Gasteiger partial charge in [0, 0.05) is 13.1 Å². The van der Waals surface area contributed by atoms with Crippen molar-refractivity contribution in [3.8, 4) is 0 Å². The smallest absolute Gasteiger partial charge is 0.404 e. The number of sulfonamides is 1. The summed E-state index contributed by atoms with van der Waals surface area (Å²) in [5, 5.41) is 10.4. The molecule has 2 N–H and O–H groups in total. The van der Waals surface area contributed by atoms with Crippen molar-refractivity contribution >= 4 is 16.1 Å². The molecule has 88 valence electrons. The zero-order valence-corrected chi connectivity index (χ0v) is 9.00. The van der Waals surface area contributed by atoms with Crippen LogP contribution >= 0.6 is 0 Å². The number of alkyl halides is 1. The predicted molar refractivity (Wildman–Crippen MR) is 50.9 cm³/mol. The highest BCUT2D eigenvalue weighted by Gasteiger charge is 2.33. The molecule has 0 aliphatic carbocycles. The van der Waals surface area contributed by atoms with Crippen LogP contribution in [0.4, 0.5) is 9.18 Å². The van der Waals surface area contributed by atoms with Crippen LogP contribution in [-0.4, -0.2) is 55.5 Å².